The van der Waals surface area contributed by atoms with Crippen LogP contribution in [0.15, 0.2) is 24.3 Å². The summed E-state index contributed by atoms with van der Waals surface area (Å²) in [5, 5.41) is 10.4. The molecule has 0 spiro atoms. The first-order chi connectivity index (χ1) is 9.83. The second kappa shape index (κ2) is 6.76. The van der Waals surface area contributed by atoms with Gasteiger partial charge in [0, 0.05) is 0 Å². The minimum absolute atomic E-state index is 0.253. The molecule has 0 saturated heterocycles. The Morgan fingerprint density at radius 2 is 1.80 bits per heavy atom. The van der Waals surface area contributed by atoms with Gasteiger partial charge in [0.25, 0.3) is 0 Å². The number of aliphatic hydroxyl groups is 1. The maximum atomic E-state index is 10.4. The highest BCUT2D eigenvalue weighted by Gasteiger charge is 2.21. The van der Waals surface area contributed by atoms with Crippen molar-refractivity contribution in [2.75, 3.05) is 0 Å². The van der Waals surface area contributed by atoms with Crippen molar-refractivity contribution in [2.24, 2.45) is 5.92 Å². The van der Waals surface area contributed by atoms with Crippen LogP contribution in [0.3, 0.4) is 0 Å². The molecule has 2 saturated carbocycles. The molecule has 0 radical (unpaired) electrons. The molecule has 20 heavy (non-hydrogen) atoms. The van der Waals surface area contributed by atoms with Gasteiger partial charge in [0.1, 0.15) is 0 Å². The maximum Gasteiger partial charge on any atom is 0.0790 e. The van der Waals surface area contributed by atoms with E-state index in [0.29, 0.717) is 0 Å². The standard InChI is InChI=1S/C19H28O/c20-19(13-12-15-6-2-1-3-7-15)18-11-5-10-17(14-18)16-8-4-9-16/h5,10-11,14-16,19-20H,1-4,6-9,12-13H2. The Labute approximate surface area is 123 Å². The van der Waals surface area contributed by atoms with Gasteiger partial charge in [-0.25, -0.2) is 0 Å². The summed E-state index contributed by atoms with van der Waals surface area (Å²) in [5.41, 5.74) is 2.59. The van der Waals surface area contributed by atoms with Crippen LogP contribution < -0.4 is 0 Å². The van der Waals surface area contributed by atoms with Crippen molar-refractivity contribution in [3.63, 3.8) is 0 Å². The number of hydrogen-bond donors (Lipinski definition) is 1. The number of aliphatic hydroxyl groups excluding tert-OH is 1. The third kappa shape index (κ3) is 3.44. The van der Waals surface area contributed by atoms with Gasteiger partial charge < -0.3 is 5.11 Å². The summed E-state index contributed by atoms with van der Waals surface area (Å²) >= 11 is 0. The maximum absolute atomic E-state index is 10.4. The van der Waals surface area contributed by atoms with E-state index in [1.54, 1.807) is 0 Å². The van der Waals surface area contributed by atoms with Gasteiger partial charge in [0.2, 0.25) is 0 Å². The van der Waals surface area contributed by atoms with Crippen molar-refractivity contribution < 1.29 is 5.11 Å². The zero-order chi connectivity index (χ0) is 13.8. The summed E-state index contributed by atoms with van der Waals surface area (Å²) in [6.07, 6.45) is 12.9. The van der Waals surface area contributed by atoms with Crippen LogP contribution in [0.5, 0.6) is 0 Å². The third-order valence-corrected chi connectivity index (χ3v) is 5.45. The molecule has 110 valence electrons. The summed E-state index contributed by atoms with van der Waals surface area (Å²) in [5.74, 6) is 1.63. The number of rotatable bonds is 5. The van der Waals surface area contributed by atoms with Crippen LogP contribution in [0.2, 0.25) is 0 Å². The molecule has 1 N–H and O–H groups in total. The highest BCUT2D eigenvalue weighted by molar-refractivity contribution is 5.29. The van der Waals surface area contributed by atoms with Gasteiger partial charge >= 0.3 is 0 Å². The fourth-order valence-corrected chi connectivity index (χ4v) is 3.80. The van der Waals surface area contributed by atoms with E-state index in [1.165, 1.54) is 63.4 Å². The van der Waals surface area contributed by atoms with Crippen molar-refractivity contribution in [3.8, 4) is 0 Å². The normalized spacial score (nSPS) is 22.4. The van der Waals surface area contributed by atoms with Crippen LogP contribution in [0.4, 0.5) is 0 Å². The van der Waals surface area contributed by atoms with E-state index < -0.39 is 0 Å². The van der Waals surface area contributed by atoms with Gasteiger partial charge in [0.05, 0.1) is 6.10 Å². The predicted molar refractivity (Wildman–Crippen MR) is 83.8 cm³/mol. The molecule has 1 heteroatoms. The van der Waals surface area contributed by atoms with Crippen LogP contribution in [-0.4, -0.2) is 5.11 Å². The summed E-state index contributed by atoms with van der Waals surface area (Å²) in [7, 11) is 0. The van der Waals surface area contributed by atoms with Gasteiger partial charge in [-0.05, 0) is 48.6 Å². The lowest BCUT2D eigenvalue weighted by Gasteiger charge is -2.27. The molecule has 1 unspecified atom stereocenters. The Morgan fingerprint density at radius 3 is 2.50 bits per heavy atom. The lowest BCUT2D eigenvalue weighted by molar-refractivity contribution is 0.151. The molecular weight excluding hydrogens is 244 g/mol. The van der Waals surface area contributed by atoms with E-state index in [1.807, 2.05) is 0 Å². The fourth-order valence-electron chi connectivity index (χ4n) is 3.80. The Morgan fingerprint density at radius 1 is 1.00 bits per heavy atom. The Hall–Kier alpha value is -0.820. The molecule has 1 aromatic rings. The topological polar surface area (TPSA) is 20.2 Å². The summed E-state index contributed by atoms with van der Waals surface area (Å²) in [6, 6.07) is 8.73. The summed E-state index contributed by atoms with van der Waals surface area (Å²) in [4.78, 5) is 0. The van der Waals surface area contributed by atoms with Crippen molar-refractivity contribution in [1.29, 1.82) is 0 Å². The molecule has 2 aliphatic carbocycles. The minimum Gasteiger partial charge on any atom is -0.388 e. The molecule has 1 aromatic carbocycles. The van der Waals surface area contributed by atoms with E-state index in [-0.39, 0.29) is 6.10 Å². The van der Waals surface area contributed by atoms with Gasteiger partial charge in [-0.2, -0.15) is 0 Å². The molecule has 0 aromatic heterocycles. The number of benzene rings is 1. The summed E-state index contributed by atoms with van der Waals surface area (Å²) in [6.45, 7) is 0. The Kier molecular flexibility index (Phi) is 4.77. The van der Waals surface area contributed by atoms with E-state index in [2.05, 4.69) is 24.3 Å². The van der Waals surface area contributed by atoms with Crippen molar-refractivity contribution in [3.05, 3.63) is 35.4 Å². The quantitative estimate of drug-likeness (QED) is 0.766. The molecule has 1 nitrogen and oxygen atoms in total. The average molecular weight is 272 g/mol. The summed E-state index contributed by atoms with van der Waals surface area (Å²) < 4.78 is 0. The third-order valence-electron chi connectivity index (χ3n) is 5.45. The first-order valence-corrected chi connectivity index (χ1v) is 8.61. The van der Waals surface area contributed by atoms with Gasteiger partial charge in [-0.3, -0.25) is 0 Å². The van der Waals surface area contributed by atoms with Crippen molar-refractivity contribution >= 4 is 0 Å². The van der Waals surface area contributed by atoms with Gasteiger partial charge in [0.15, 0.2) is 0 Å². The average Bonchev–Trinajstić information content (AvgIpc) is 2.44. The highest BCUT2D eigenvalue weighted by Crippen LogP contribution is 2.37. The monoisotopic (exact) mass is 272 g/mol. The van der Waals surface area contributed by atoms with Crippen LogP contribution in [0.1, 0.15) is 87.4 Å². The van der Waals surface area contributed by atoms with Crippen LogP contribution in [0, 0.1) is 5.92 Å². The lowest BCUT2D eigenvalue weighted by Crippen LogP contribution is -2.10. The second-order valence-corrected chi connectivity index (χ2v) is 6.90. The van der Waals surface area contributed by atoms with Crippen molar-refractivity contribution in [1.82, 2.24) is 0 Å². The molecule has 2 aliphatic rings. The smallest absolute Gasteiger partial charge is 0.0790 e. The van der Waals surface area contributed by atoms with Crippen molar-refractivity contribution in [2.45, 2.75) is 76.2 Å². The molecule has 0 amide bonds. The van der Waals surface area contributed by atoms with Crippen LogP contribution in [-0.2, 0) is 0 Å². The zero-order valence-electron chi connectivity index (χ0n) is 12.6. The van der Waals surface area contributed by atoms with E-state index in [4.69, 9.17) is 0 Å². The first kappa shape index (κ1) is 14.1. The molecule has 1 atom stereocenters. The van der Waals surface area contributed by atoms with Crippen LogP contribution >= 0.6 is 0 Å². The second-order valence-electron chi connectivity index (χ2n) is 6.90. The first-order valence-electron chi connectivity index (χ1n) is 8.61. The Balaban J connectivity index is 1.54. The molecule has 2 fully saturated rings. The largest absolute Gasteiger partial charge is 0.388 e. The molecular formula is C19H28O. The van der Waals surface area contributed by atoms with E-state index in [9.17, 15) is 5.11 Å². The van der Waals surface area contributed by atoms with Gasteiger partial charge in [-0.15, -0.1) is 0 Å². The number of hydrogen-bond acceptors (Lipinski definition) is 1. The van der Waals surface area contributed by atoms with E-state index in [0.717, 1.165) is 23.8 Å². The highest BCUT2D eigenvalue weighted by atomic mass is 16.3. The predicted octanol–water partition coefficient (Wildman–Crippen LogP) is 5.35. The lowest BCUT2D eigenvalue weighted by atomic mass is 9.79. The zero-order valence-corrected chi connectivity index (χ0v) is 12.6. The van der Waals surface area contributed by atoms with Gasteiger partial charge in [-0.1, -0.05) is 62.8 Å². The molecule has 0 heterocycles. The molecule has 0 aliphatic heterocycles. The molecule has 3 rings (SSSR count). The SMILES string of the molecule is OC(CCC1CCCCC1)c1cccc(C2CCC2)c1. The molecule has 0 bridgehead atoms. The Bertz CT molecular complexity index is 416. The fraction of sp³-hybridized carbons (Fsp3) is 0.684. The van der Waals surface area contributed by atoms with E-state index >= 15 is 0 Å². The van der Waals surface area contributed by atoms with Crippen LogP contribution in [0.25, 0.3) is 0 Å². The minimum atomic E-state index is -0.253.